The van der Waals surface area contributed by atoms with Crippen molar-refractivity contribution in [1.82, 2.24) is 0 Å². The molecule has 0 spiro atoms. The topological polar surface area (TPSA) is 35.5 Å². The summed E-state index contributed by atoms with van der Waals surface area (Å²) in [5.41, 5.74) is 1.05. The summed E-state index contributed by atoms with van der Waals surface area (Å²) >= 11 is 0. The number of Topliss-reactive ketones (excluding diaryl/α,β-unsaturated/α-hetero) is 1. The number of carbonyl (C=O) groups excluding carboxylic acids is 1. The van der Waals surface area contributed by atoms with Gasteiger partial charge in [0.05, 0.1) is 0 Å². The highest BCUT2D eigenvalue weighted by Crippen LogP contribution is 2.50. The van der Waals surface area contributed by atoms with Gasteiger partial charge in [0.2, 0.25) is 6.79 Å². The third kappa shape index (κ3) is 2.01. The number of benzene rings is 1. The predicted molar refractivity (Wildman–Crippen MR) is 70.2 cm³/mol. The Morgan fingerprint density at radius 2 is 1.95 bits per heavy atom. The number of ether oxygens (including phenoxy) is 2. The second-order valence-corrected chi connectivity index (χ2v) is 6.02. The van der Waals surface area contributed by atoms with Crippen molar-refractivity contribution in [2.24, 2.45) is 17.8 Å². The van der Waals surface area contributed by atoms with Gasteiger partial charge in [0.1, 0.15) is 5.78 Å². The molecule has 2 aliphatic carbocycles. The summed E-state index contributed by atoms with van der Waals surface area (Å²) in [4.78, 5) is 12.4. The van der Waals surface area contributed by atoms with E-state index in [0.717, 1.165) is 29.4 Å². The minimum atomic E-state index is 0.291. The highest BCUT2D eigenvalue weighted by atomic mass is 16.7. The van der Waals surface area contributed by atoms with Gasteiger partial charge >= 0.3 is 0 Å². The average molecular weight is 258 g/mol. The predicted octanol–water partition coefficient (Wildman–Crippen LogP) is 2.96. The Labute approximate surface area is 112 Å². The zero-order valence-electron chi connectivity index (χ0n) is 10.9. The first-order valence-electron chi connectivity index (χ1n) is 7.22. The van der Waals surface area contributed by atoms with Crippen LogP contribution in [-0.4, -0.2) is 12.6 Å². The number of fused-ring (bicyclic) bond motifs is 1. The zero-order chi connectivity index (χ0) is 12.8. The first kappa shape index (κ1) is 11.3. The summed E-state index contributed by atoms with van der Waals surface area (Å²) in [6.07, 6.45) is 5.61. The molecule has 3 aliphatic rings. The van der Waals surface area contributed by atoms with E-state index in [1.54, 1.807) is 0 Å². The van der Waals surface area contributed by atoms with Gasteiger partial charge in [0, 0.05) is 12.3 Å². The highest BCUT2D eigenvalue weighted by molar-refractivity contribution is 5.84. The summed E-state index contributed by atoms with van der Waals surface area (Å²) in [6.45, 7) is 0.291. The lowest BCUT2D eigenvalue weighted by Gasteiger charge is -2.35. The molecule has 2 saturated carbocycles. The van der Waals surface area contributed by atoms with E-state index < -0.39 is 0 Å². The van der Waals surface area contributed by atoms with E-state index in [2.05, 4.69) is 0 Å². The fourth-order valence-electron chi connectivity index (χ4n) is 3.40. The van der Waals surface area contributed by atoms with Gasteiger partial charge < -0.3 is 9.47 Å². The van der Waals surface area contributed by atoms with Gasteiger partial charge in [-0.1, -0.05) is 6.07 Å². The van der Waals surface area contributed by atoms with Crippen molar-refractivity contribution in [3.8, 4) is 11.5 Å². The van der Waals surface area contributed by atoms with E-state index in [1.807, 2.05) is 18.2 Å². The van der Waals surface area contributed by atoms with E-state index in [-0.39, 0.29) is 0 Å². The molecule has 4 rings (SSSR count). The zero-order valence-corrected chi connectivity index (χ0v) is 10.9. The normalized spacial score (nSPS) is 28.0. The third-order valence-corrected chi connectivity index (χ3v) is 4.78. The highest BCUT2D eigenvalue weighted by Gasteiger charge is 2.44. The summed E-state index contributed by atoms with van der Waals surface area (Å²) in [5.74, 6) is 3.87. The fraction of sp³-hybridized carbons (Fsp3) is 0.562. The number of hydrogen-bond donors (Lipinski definition) is 0. The molecule has 0 amide bonds. The second-order valence-electron chi connectivity index (χ2n) is 6.02. The molecular weight excluding hydrogens is 240 g/mol. The van der Waals surface area contributed by atoms with Crippen molar-refractivity contribution in [1.29, 1.82) is 0 Å². The Morgan fingerprint density at radius 1 is 1.11 bits per heavy atom. The molecule has 2 fully saturated rings. The van der Waals surface area contributed by atoms with Crippen molar-refractivity contribution in [3.63, 3.8) is 0 Å². The standard InChI is InChI=1S/C16H18O3/c17-14(13-5-4-12(13)11-2-3-11)7-10-1-6-15-16(8-10)19-9-18-15/h1,6,8,11-13H,2-5,7,9H2. The van der Waals surface area contributed by atoms with Crippen LogP contribution in [0.4, 0.5) is 0 Å². The number of rotatable bonds is 4. The number of ketones is 1. The van der Waals surface area contributed by atoms with E-state index in [1.165, 1.54) is 19.3 Å². The molecule has 100 valence electrons. The van der Waals surface area contributed by atoms with Gasteiger partial charge in [-0.25, -0.2) is 0 Å². The summed E-state index contributed by atoms with van der Waals surface area (Å²) < 4.78 is 10.6. The fourth-order valence-corrected chi connectivity index (χ4v) is 3.40. The van der Waals surface area contributed by atoms with Gasteiger partial charge in [-0.2, -0.15) is 0 Å². The van der Waals surface area contributed by atoms with Crippen molar-refractivity contribution in [3.05, 3.63) is 23.8 Å². The molecule has 2 atom stereocenters. The Bertz CT molecular complexity index is 519. The van der Waals surface area contributed by atoms with Gasteiger partial charge in [-0.05, 0) is 55.2 Å². The van der Waals surface area contributed by atoms with Crippen molar-refractivity contribution in [2.45, 2.75) is 32.1 Å². The minimum Gasteiger partial charge on any atom is -0.454 e. The Morgan fingerprint density at radius 3 is 2.68 bits per heavy atom. The molecule has 0 aromatic heterocycles. The first-order valence-corrected chi connectivity index (χ1v) is 7.22. The van der Waals surface area contributed by atoms with Crippen LogP contribution in [0.5, 0.6) is 11.5 Å². The van der Waals surface area contributed by atoms with Crippen LogP contribution in [-0.2, 0) is 11.2 Å². The average Bonchev–Trinajstić information content (AvgIpc) is 3.05. The van der Waals surface area contributed by atoms with Crippen molar-refractivity contribution in [2.75, 3.05) is 6.79 Å². The molecule has 2 unspecified atom stereocenters. The van der Waals surface area contributed by atoms with E-state index in [9.17, 15) is 4.79 Å². The molecule has 1 aromatic rings. The van der Waals surface area contributed by atoms with Gasteiger partial charge in [-0.15, -0.1) is 0 Å². The molecule has 3 heteroatoms. The maximum absolute atomic E-state index is 12.4. The SMILES string of the molecule is O=C(Cc1ccc2c(c1)OCO2)C1CCC1C1CC1. The monoisotopic (exact) mass is 258 g/mol. The summed E-state index contributed by atoms with van der Waals surface area (Å²) in [6, 6.07) is 5.84. The van der Waals surface area contributed by atoms with E-state index >= 15 is 0 Å². The Kier molecular flexibility index (Phi) is 2.54. The molecule has 0 N–H and O–H groups in total. The molecule has 19 heavy (non-hydrogen) atoms. The molecule has 0 bridgehead atoms. The van der Waals surface area contributed by atoms with Gasteiger partial charge in [0.15, 0.2) is 11.5 Å². The van der Waals surface area contributed by atoms with E-state index in [0.29, 0.717) is 30.8 Å². The third-order valence-electron chi connectivity index (χ3n) is 4.78. The molecule has 3 nitrogen and oxygen atoms in total. The van der Waals surface area contributed by atoms with Crippen LogP contribution in [0, 0.1) is 17.8 Å². The first-order chi connectivity index (χ1) is 9.31. The largest absolute Gasteiger partial charge is 0.454 e. The van der Waals surface area contributed by atoms with Crippen molar-refractivity contribution < 1.29 is 14.3 Å². The molecule has 1 aliphatic heterocycles. The smallest absolute Gasteiger partial charge is 0.231 e. The van der Waals surface area contributed by atoms with Gasteiger partial charge in [-0.3, -0.25) is 4.79 Å². The Balaban J connectivity index is 1.44. The lowest BCUT2D eigenvalue weighted by molar-refractivity contribution is -0.127. The maximum Gasteiger partial charge on any atom is 0.231 e. The summed E-state index contributed by atoms with van der Waals surface area (Å²) in [5, 5.41) is 0. The van der Waals surface area contributed by atoms with E-state index in [4.69, 9.17) is 9.47 Å². The molecule has 0 saturated heterocycles. The lowest BCUT2D eigenvalue weighted by atomic mass is 9.68. The van der Waals surface area contributed by atoms with Crippen molar-refractivity contribution >= 4 is 5.78 Å². The van der Waals surface area contributed by atoms with Crippen LogP contribution in [0.2, 0.25) is 0 Å². The second kappa shape index (κ2) is 4.26. The lowest BCUT2D eigenvalue weighted by Crippen LogP contribution is -2.35. The number of carbonyl (C=O) groups is 1. The van der Waals surface area contributed by atoms with Crippen LogP contribution in [0.3, 0.4) is 0 Å². The molecule has 0 radical (unpaired) electrons. The summed E-state index contributed by atoms with van der Waals surface area (Å²) in [7, 11) is 0. The van der Waals surface area contributed by atoms with Crippen LogP contribution in [0.25, 0.3) is 0 Å². The van der Waals surface area contributed by atoms with Gasteiger partial charge in [0.25, 0.3) is 0 Å². The minimum absolute atomic E-state index is 0.291. The quantitative estimate of drug-likeness (QED) is 0.833. The molecule has 1 heterocycles. The molecule has 1 aromatic carbocycles. The van der Waals surface area contributed by atoms with Crippen LogP contribution >= 0.6 is 0 Å². The van der Waals surface area contributed by atoms with Crippen LogP contribution < -0.4 is 9.47 Å². The number of hydrogen-bond acceptors (Lipinski definition) is 3. The maximum atomic E-state index is 12.4. The Hall–Kier alpha value is -1.51. The molecular formula is C16H18O3. The van der Waals surface area contributed by atoms with Crippen LogP contribution in [0.15, 0.2) is 18.2 Å². The van der Waals surface area contributed by atoms with Crippen LogP contribution in [0.1, 0.15) is 31.2 Å².